The van der Waals surface area contributed by atoms with Gasteiger partial charge < -0.3 is 19.5 Å². The van der Waals surface area contributed by atoms with Crippen molar-refractivity contribution < 1.29 is 19.4 Å². The Balaban J connectivity index is 1.86. The Bertz CT molecular complexity index is 863. The fourth-order valence-corrected chi connectivity index (χ4v) is 3.76. The molecular weight excluding hydrogens is 318 g/mol. The number of ether oxygens (including phenoxy) is 2. The predicted molar refractivity (Wildman–Crippen MR) is 92.6 cm³/mol. The van der Waals surface area contributed by atoms with Gasteiger partial charge in [0.05, 0.1) is 0 Å². The number of benzene rings is 2. The number of hydrogen-bond acceptors (Lipinski definition) is 4. The molecule has 0 spiro atoms. The first-order valence-electron chi connectivity index (χ1n) is 8.18. The third kappa shape index (κ3) is 2.16. The smallest absolute Gasteiger partial charge is 0.256 e. The van der Waals surface area contributed by atoms with E-state index in [1.165, 1.54) is 4.90 Å². The zero-order valence-electron chi connectivity index (χ0n) is 13.9. The SMILES string of the molecule is C=CCC(c1ccc2c(c1)OCO2)C1(O)c2ccccc2C(=O)N1C. The Labute approximate surface area is 146 Å². The van der Waals surface area contributed by atoms with Crippen LogP contribution >= 0.6 is 0 Å². The summed E-state index contributed by atoms with van der Waals surface area (Å²) in [6, 6.07) is 12.8. The predicted octanol–water partition coefficient (Wildman–Crippen LogP) is 3.01. The van der Waals surface area contributed by atoms with E-state index in [1.807, 2.05) is 24.3 Å². The van der Waals surface area contributed by atoms with Gasteiger partial charge in [0.15, 0.2) is 17.2 Å². The van der Waals surface area contributed by atoms with Gasteiger partial charge in [-0.2, -0.15) is 0 Å². The highest BCUT2D eigenvalue weighted by Gasteiger charge is 2.51. The van der Waals surface area contributed by atoms with Crippen LogP contribution in [-0.2, 0) is 5.72 Å². The monoisotopic (exact) mass is 337 g/mol. The van der Waals surface area contributed by atoms with E-state index in [4.69, 9.17) is 9.47 Å². The van der Waals surface area contributed by atoms with Gasteiger partial charge >= 0.3 is 0 Å². The number of aliphatic hydroxyl groups is 1. The first-order chi connectivity index (χ1) is 12.1. The summed E-state index contributed by atoms with van der Waals surface area (Å²) in [6.45, 7) is 4.02. The van der Waals surface area contributed by atoms with Gasteiger partial charge in [0.1, 0.15) is 0 Å². The lowest BCUT2D eigenvalue weighted by Gasteiger charge is -2.38. The minimum atomic E-state index is -1.45. The van der Waals surface area contributed by atoms with Gasteiger partial charge in [0.2, 0.25) is 6.79 Å². The summed E-state index contributed by atoms with van der Waals surface area (Å²) >= 11 is 0. The van der Waals surface area contributed by atoms with Gasteiger partial charge in [0.25, 0.3) is 5.91 Å². The van der Waals surface area contributed by atoms with E-state index in [2.05, 4.69) is 6.58 Å². The molecule has 2 heterocycles. The summed E-state index contributed by atoms with van der Waals surface area (Å²) in [5.41, 5.74) is 0.563. The summed E-state index contributed by atoms with van der Waals surface area (Å²) in [6.07, 6.45) is 2.26. The highest BCUT2D eigenvalue weighted by molar-refractivity contribution is 5.99. The second-order valence-corrected chi connectivity index (χ2v) is 6.33. The largest absolute Gasteiger partial charge is 0.454 e. The fourth-order valence-electron chi connectivity index (χ4n) is 3.76. The second kappa shape index (κ2) is 5.63. The number of carbonyl (C=O) groups is 1. The summed E-state index contributed by atoms with van der Waals surface area (Å²) < 4.78 is 10.8. The maximum absolute atomic E-state index is 12.6. The van der Waals surface area contributed by atoms with Gasteiger partial charge in [-0.05, 0) is 30.2 Å². The van der Waals surface area contributed by atoms with Crippen LogP contribution < -0.4 is 9.47 Å². The summed E-state index contributed by atoms with van der Waals surface area (Å²) in [4.78, 5) is 14.0. The fraction of sp³-hybridized carbons (Fsp3) is 0.250. The summed E-state index contributed by atoms with van der Waals surface area (Å²) in [5.74, 6) is 0.768. The minimum absolute atomic E-state index is 0.187. The molecule has 0 radical (unpaired) electrons. The Morgan fingerprint density at radius 2 is 2.04 bits per heavy atom. The molecule has 0 aromatic heterocycles. The van der Waals surface area contributed by atoms with E-state index >= 15 is 0 Å². The molecule has 1 N–H and O–H groups in total. The van der Waals surface area contributed by atoms with Crippen molar-refractivity contribution in [1.29, 1.82) is 0 Å². The van der Waals surface area contributed by atoms with Crippen LogP contribution in [0.5, 0.6) is 11.5 Å². The number of allylic oxidation sites excluding steroid dienone is 1. The van der Waals surface area contributed by atoms with Crippen molar-refractivity contribution in [3.63, 3.8) is 0 Å². The molecule has 0 aliphatic carbocycles. The van der Waals surface area contributed by atoms with Gasteiger partial charge in [0, 0.05) is 24.1 Å². The maximum Gasteiger partial charge on any atom is 0.256 e. The van der Waals surface area contributed by atoms with E-state index in [0.717, 1.165) is 5.56 Å². The lowest BCUT2D eigenvalue weighted by molar-refractivity contribution is -0.0935. The van der Waals surface area contributed by atoms with Gasteiger partial charge in [-0.3, -0.25) is 4.79 Å². The molecular formula is C20H19NO4. The molecule has 0 bridgehead atoms. The van der Waals surface area contributed by atoms with Gasteiger partial charge in [-0.25, -0.2) is 0 Å². The van der Waals surface area contributed by atoms with Crippen molar-refractivity contribution >= 4 is 5.91 Å². The number of amides is 1. The van der Waals surface area contributed by atoms with Crippen molar-refractivity contribution in [1.82, 2.24) is 4.90 Å². The van der Waals surface area contributed by atoms with Gasteiger partial charge in [-0.1, -0.05) is 30.3 Å². The van der Waals surface area contributed by atoms with Crippen molar-refractivity contribution in [2.24, 2.45) is 0 Å². The summed E-state index contributed by atoms with van der Waals surface area (Å²) in [7, 11) is 1.63. The zero-order valence-corrected chi connectivity index (χ0v) is 13.9. The van der Waals surface area contributed by atoms with Crippen LogP contribution in [0.15, 0.2) is 55.1 Å². The van der Waals surface area contributed by atoms with Crippen LogP contribution in [0.4, 0.5) is 0 Å². The summed E-state index contributed by atoms with van der Waals surface area (Å²) in [5, 5.41) is 11.7. The number of nitrogens with zero attached hydrogens (tertiary/aromatic N) is 1. The third-order valence-electron chi connectivity index (χ3n) is 5.06. The average molecular weight is 337 g/mol. The molecule has 0 saturated carbocycles. The van der Waals surface area contributed by atoms with Crippen LogP contribution in [-0.4, -0.2) is 29.8 Å². The standard InChI is InChI=1S/C20H19NO4/c1-3-6-15(13-9-10-17-18(11-13)25-12-24-17)20(23)16-8-5-4-7-14(16)19(22)21(20)2/h3-5,7-11,15,23H,1,6,12H2,2H3. The van der Waals surface area contributed by atoms with Crippen LogP contribution in [0.2, 0.25) is 0 Å². The Kier molecular flexibility index (Phi) is 3.54. The van der Waals surface area contributed by atoms with Crippen LogP contribution in [0.25, 0.3) is 0 Å². The number of likely N-dealkylation sites (N-methyl/N-ethyl adjacent to an activating group) is 1. The van der Waals surface area contributed by atoms with Crippen molar-refractivity contribution in [2.75, 3.05) is 13.8 Å². The van der Waals surface area contributed by atoms with Crippen LogP contribution in [0.3, 0.4) is 0 Å². The number of hydrogen-bond donors (Lipinski definition) is 1. The molecule has 2 aromatic carbocycles. The van der Waals surface area contributed by atoms with Gasteiger partial charge in [-0.15, -0.1) is 6.58 Å². The molecule has 2 aliphatic rings. The molecule has 1 amide bonds. The van der Waals surface area contributed by atoms with Crippen LogP contribution in [0.1, 0.15) is 33.8 Å². The molecule has 25 heavy (non-hydrogen) atoms. The molecule has 4 rings (SSSR count). The van der Waals surface area contributed by atoms with E-state index in [-0.39, 0.29) is 18.6 Å². The minimum Gasteiger partial charge on any atom is -0.454 e. The van der Waals surface area contributed by atoms with Crippen molar-refractivity contribution in [3.05, 3.63) is 71.8 Å². The quantitative estimate of drug-likeness (QED) is 0.872. The average Bonchev–Trinajstić information content (AvgIpc) is 3.18. The molecule has 5 heteroatoms. The first-order valence-corrected chi connectivity index (χ1v) is 8.18. The number of rotatable bonds is 4. The Morgan fingerprint density at radius 1 is 1.28 bits per heavy atom. The number of carbonyl (C=O) groups excluding carboxylic acids is 1. The van der Waals surface area contributed by atoms with Crippen LogP contribution in [0, 0.1) is 0 Å². The second-order valence-electron chi connectivity index (χ2n) is 6.33. The Morgan fingerprint density at radius 3 is 2.84 bits per heavy atom. The van der Waals surface area contributed by atoms with E-state index in [9.17, 15) is 9.90 Å². The first kappa shape index (κ1) is 15.7. The molecule has 0 saturated heterocycles. The number of fused-ring (bicyclic) bond motifs is 2. The highest BCUT2D eigenvalue weighted by atomic mass is 16.7. The molecule has 2 aliphatic heterocycles. The van der Waals surface area contributed by atoms with Crippen molar-refractivity contribution in [3.8, 4) is 11.5 Å². The zero-order chi connectivity index (χ0) is 17.6. The molecule has 2 atom stereocenters. The van der Waals surface area contributed by atoms with Crippen molar-refractivity contribution in [2.45, 2.75) is 18.1 Å². The molecule has 128 valence electrons. The normalized spacial score (nSPS) is 22.0. The molecule has 2 aromatic rings. The topological polar surface area (TPSA) is 59.0 Å². The Hall–Kier alpha value is -2.79. The molecule has 0 fully saturated rings. The maximum atomic E-state index is 12.6. The third-order valence-corrected chi connectivity index (χ3v) is 5.06. The highest BCUT2D eigenvalue weighted by Crippen LogP contribution is 2.48. The van der Waals surface area contributed by atoms with E-state index in [1.54, 1.807) is 31.3 Å². The lowest BCUT2D eigenvalue weighted by atomic mass is 9.81. The molecule has 5 nitrogen and oxygen atoms in total. The molecule has 2 unspecified atom stereocenters. The van der Waals surface area contributed by atoms with E-state index in [0.29, 0.717) is 29.0 Å². The van der Waals surface area contributed by atoms with E-state index < -0.39 is 5.72 Å². The lowest BCUT2D eigenvalue weighted by Crippen LogP contribution is -2.45.